The van der Waals surface area contributed by atoms with Gasteiger partial charge >= 0.3 is 0 Å². The number of aryl methyl sites for hydroxylation is 1. The van der Waals surface area contributed by atoms with Crippen LogP contribution in [0.5, 0.6) is 0 Å². The van der Waals surface area contributed by atoms with Crippen molar-refractivity contribution >= 4 is 51.5 Å². The second-order valence-electron chi connectivity index (χ2n) is 11.2. The summed E-state index contributed by atoms with van der Waals surface area (Å²) in [5, 5.41) is 9.31. The number of allylic oxidation sites excluding steroid dienone is 1. The van der Waals surface area contributed by atoms with Gasteiger partial charge in [-0.25, -0.2) is 0 Å². The summed E-state index contributed by atoms with van der Waals surface area (Å²) in [5.41, 5.74) is 7.98. The van der Waals surface area contributed by atoms with E-state index in [9.17, 15) is 0 Å². The molecule has 204 valence electrons. The molecular weight excluding hydrogens is 535 g/mol. The van der Waals surface area contributed by atoms with Gasteiger partial charge in [0.15, 0.2) is 0 Å². The lowest BCUT2D eigenvalue weighted by Gasteiger charge is -2.21. The van der Waals surface area contributed by atoms with Crippen molar-refractivity contribution in [2.24, 2.45) is 0 Å². The molecule has 0 aromatic heterocycles. The molecule has 0 spiro atoms. The first-order valence-electron chi connectivity index (χ1n) is 15.1. The lowest BCUT2D eigenvalue weighted by Crippen LogP contribution is -2.20. The predicted molar refractivity (Wildman–Crippen MR) is 188 cm³/mol. The van der Waals surface area contributed by atoms with Crippen LogP contribution in [0, 0.1) is 0 Å². The quantitative estimate of drug-likeness (QED) is 0.144. The zero-order valence-electron chi connectivity index (χ0n) is 23.9. The van der Waals surface area contributed by atoms with E-state index in [1.54, 1.807) is 0 Å². The van der Waals surface area contributed by atoms with Gasteiger partial charge in [-0.15, -0.1) is 0 Å². The van der Waals surface area contributed by atoms with Crippen LogP contribution >= 0.6 is 7.92 Å². The van der Waals surface area contributed by atoms with E-state index < -0.39 is 7.92 Å². The van der Waals surface area contributed by atoms with Crippen molar-refractivity contribution in [1.29, 1.82) is 0 Å². The maximum atomic E-state index is 2.39. The van der Waals surface area contributed by atoms with Crippen molar-refractivity contribution in [3.63, 3.8) is 0 Å². The third-order valence-electron chi connectivity index (χ3n) is 8.69. The summed E-state index contributed by atoms with van der Waals surface area (Å²) >= 11 is 0. The zero-order chi connectivity index (χ0) is 28.6. The molecule has 0 unspecified atom stereocenters. The Morgan fingerprint density at radius 3 is 1.44 bits per heavy atom. The van der Waals surface area contributed by atoms with Crippen LogP contribution in [-0.4, -0.2) is 0 Å². The van der Waals surface area contributed by atoms with Crippen molar-refractivity contribution in [3.05, 3.63) is 169 Å². The van der Waals surface area contributed by atoms with Crippen LogP contribution in [0.15, 0.2) is 158 Å². The summed E-state index contributed by atoms with van der Waals surface area (Å²) in [6.07, 6.45) is 6.85. The minimum atomic E-state index is -0.642. The van der Waals surface area contributed by atoms with Crippen LogP contribution in [0.1, 0.15) is 17.5 Å². The van der Waals surface area contributed by atoms with Crippen molar-refractivity contribution in [1.82, 2.24) is 0 Å². The predicted octanol–water partition coefficient (Wildman–Crippen LogP) is 10.0. The molecule has 0 heterocycles. The summed E-state index contributed by atoms with van der Waals surface area (Å²) < 4.78 is 0. The molecule has 0 amide bonds. The minimum Gasteiger partial charge on any atom is -0.0836 e. The Kier molecular flexibility index (Phi) is 6.71. The van der Waals surface area contributed by atoms with E-state index in [1.165, 1.54) is 70.8 Å². The van der Waals surface area contributed by atoms with Crippen LogP contribution in [0.2, 0.25) is 0 Å². The Morgan fingerprint density at radius 2 is 0.884 bits per heavy atom. The topological polar surface area (TPSA) is 0 Å². The zero-order valence-corrected chi connectivity index (χ0v) is 24.8. The highest BCUT2D eigenvalue weighted by Gasteiger charge is 2.19. The Bertz CT molecular complexity index is 2010. The molecule has 0 saturated carbocycles. The van der Waals surface area contributed by atoms with Gasteiger partial charge in [0.2, 0.25) is 0 Å². The fraction of sp³-hybridized carbons (Fsp3) is 0.0476. The Labute approximate surface area is 254 Å². The first-order chi connectivity index (χ1) is 21.3. The second kappa shape index (κ2) is 11.1. The van der Waals surface area contributed by atoms with Crippen LogP contribution in [0.3, 0.4) is 0 Å². The molecule has 0 atom stereocenters. The average Bonchev–Trinajstić information content (AvgIpc) is 3.08. The summed E-state index contributed by atoms with van der Waals surface area (Å²) in [6, 6.07) is 56.3. The Balaban J connectivity index is 1.31. The lowest BCUT2D eigenvalue weighted by atomic mass is 9.85. The molecule has 1 heteroatoms. The van der Waals surface area contributed by atoms with Crippen molar-refractivity contribution in [3.8, 4) is 22.3 Å². The van der Waals surface area contributed by atoms with E-state index in [0.717, 1.165) is 12.8 Å². The van der Waals surface area contributed by atoms with Crippen molar-refractivity contribution in [2.75, 3.05) is 0 Å². The standard InChI is InChI=1S/C42H31P/c1-3-15-34(16-4-1)43(35-17-5-2-6-18-35)36-27-25-31(26-28-36)41-37-19-9-11-21-39(37)42(40-22-12-10-20-38(40)41)33-24-23-30-13-7-8-14-32(30)29-33/h1-6,8-12,14-29H,7,13H2. The molecule has 0 nitrogen and oxygen atoms in total. The first kappa shape index (κ1) is 25.9. The number of benzene rings is 7. The highest BCUT2D eigenvalue weighted by molar-refractivity contribution is 7.79. The van der Waals surface area contributed by atoms with E-state index in [4.69, 9.17) is 0 Å². The van der Waals surface area contributed by atoms with Gasteiger partial charge in [-0.1, -0.05) is 158 Å². The molecule has 7 aromatic carbocycles. The van der Waals surface area contributed by atoms with Crippen LogP contribution < -0.4 is 15.9 Å². The van der Waals surface area contributed by atoms with E-state index in [2.05, 4.69) is 164 Å². The molecule has 0 saturated heterocycles. The molecule has 7 aromatic rings. The SMILES string of the molecule is C1=Cc2cc(-c3c4ccccc4c(-c4ccc(P(c5ccccc5)c5ccccc5)cc4)c4ccccc34)ccc2CC1. The fourth-order valence-electron chi connectivity index (χ4n) is 6.71. The number of fused-ring (bicyclic) bond motifs is 3. The smallest absolute Gasteiger partial charge is 0.00262 e. The summed E-state index contributed by atoms with van der Waals surface area (Å²) in [5.74, 6) is 0. The molecule has 1 aliphatic rings. The molecule has 0 aliphatic heterocycles. The molecule has 0 N–H and O–H groups in total. The van der Waals surface area contributed by atoms with Gasteiger partial charge in [0.25, 0.3) is 0 Å². The van der Waals surface area contributed by atoms with Gasteiger partial charge in [0.05, 0.1) is 0 Å². The Morgan fingerprint density at radius 1 is 0.419 bits per heavy atom. The summed E-state index contributed by atoms with van der Waals surface area (Å²) in [7, 11) is -0.642. The summed E-state index contributed by atoms with van der Waals surface area (Å²) in [6.45, 7) is 0. The molecule has 0 fully saturated rings. The average molecular weight is 567 g/mol. The summed E-state index contributed by atoms with van der Waals surface area (Å²) in [4.78, 5) is 0. The first-order valence-corrected chi connectivity index (χ1v) is 16.4. The van der Waals surface area contributed by atoms with Crippen LogP contribution in [0.25, 0.3) is 49.9 Å². The fourth-order valence-corrected chi connectivity index (χ4v) is 8.99. The van der Waals surface area contributed by atoms with Crippen molar-refractivity contribution in [2.45, 2.75) is 12.8 Å². The molecular formula is C42H31P. The van der Waals surface area contributed by atoms with Crippen LogP contribution in [0.4, 0.5) is 0 Å². The Hall–Kier alpha value is -4.77. The minimum absolute atomic E-state index is 0.642. The van der Waals surface area contributed by atoms with Gasteiger partial charge in [-0.2, -0.15) is 0 Å². The number of hydrogen-bond donors (Lipinski definition) is 0. The normalized spacial score (nSPS) is 12.6. The third kappa shape index (κ3) is 4.69. The highest BCUT2D eigenvalue weighted by atomic mass is 31.1. The highest BCUT2D eigenvalue weighted by Crippen LogP contribution is 2.44. The maximum absolute atomic E-state index is 2.39. The van der Waals surface area contributed by atoms with E-state index in [1.807, 2.05) is 0 Å². The molecule has 0 radical (unpaired) electrons. The molecule has 8 rings (SSSR count). The van der Waals surface area contributed by atoms with Crippen LogP contribution in [-0.2, 0) is 6.42 Å². The van der Waals surface area contributed by atoms with E-state index in [-0.39, 0.29) is 0 Å². The van der Waals surface area contributed by atoms with Gasteiger partial charge in [0.1, 0.15) is 0 Å². The third-order valence-corrected chi connectivity index (χ3v) is 11.1. The lowest BCUT2D eigenvalue weighted by molar-refractivity contribution is 0.986. The number of hydrogen-bond acceptors (Lipinski definition) is 0. The maximum Gasteiger partial charge on any atom is -0.00262 e. The monoisotopic (exact) mass is 566 g/mol. The van der Waals surface area contributed by atoms with Gasteiger partial charge in [-0.3, -0.25) is 0 Å². The molecule has 0 bridgehead atoms. The molecule has 43 heavy (non-hydrogen) atoms. The second-order valence-corrected chi connectivity index (χ2v) is 13.5. The largest absolute Gasteiger partial charge is 0.0836 e. The van der Waals surface area contributed by atoms with Gasteiger partial charge < -0.3 is 0 Å². The van der Waals surface area contributed by atoms with Gasteiger partial charge in [0, 0.05) is 0 Å². The van der Waals surface area contributed by atoms with E-state index >= 15 is 0 Å². The number of rotatable bonds is 5. The van der Waals surface area contributed by atoms with Gasteiger partial charge in [-0.05, 0) is 97.7 Å². The van der Waals surface area contributed by atoms with Crippen molar-refractivity contribution < 1.29 is 0 Å². The molecule has 1 aliphatic carbocycles. The van der Waals surface area contributed by atoms with E-state index in [0.29, 0.717) is 0 Å².